The monoisotopic (exact) mass is 539 g/mol. The van der Waals surface area contributed by atoms with Crippen LogP contribution in [0.15, 0.2) is 83.8 Å². The van der Waals surface area contributed by atoms with Crippen LogP contribution in [0, 0.1) is 6.92 Å². The SMILES string of the molecule is Cc1ccc(S(=O)(=O)N[C@@H](c2ccccc2)c2ccccc2C[C@H]2OCC[C@@H](CO[Si](C)(C)C)O2)cc1. The maximum atomic E-state index is 13.4. The highest BCUT2D eigenvalue weighted by Gasteiger charge is 2.29. The fraction of sp³-hybridized carbons (Fsp3) is 0.379. The smallest absolute Gasteiger partial charge is 0.241 e. The standard InChI is InChI=1S/C29H37NO5SSi/c1-22-14-16-26(17-15-22)36(31,32)30-29(23-10-6-5-7-11-23)27-13-9-8-12-24(27)20-28-33-19-18-25(35-28)21-34-37(2,3)4/h5-17,25,28-30H,18-21H2,1-4H3/t25-,28-,29-/m0/s1. The van der Waals surface area contributed by atoms with Gasteiger partial charge in [-0.15, -0.1) is 0 Å². The van der Waals surface area contributed by atoms with Gasteiger partial charge in [-0.3, -0.25) is 0 Å². The largest absolute Gasteiger partial charge is 0.415 e. The van der Waals surface area contributed by atoms with Crippen LogP contribution in [0.25, 0.3) is 0 Å². The molecule has 0 amide bonds. The normalized spacial score (nSPS) is 19.5. The first kappa shape index (κ1) is 27.7. The van der Waals surface area contributed by atoms with Crippen molar-refractivity contribution in [1.29, 1.82) is 0 Å². The van der Waals surface area contributed by atoms with Gasteiger partial charge in [0.15, 0.2) is 14.6 Å². The molecule has 8 heteroatoms. The predicted molar refractivity (Wildman–Crippen MR) is 148 cm³/mol. The quantitative estimate of drug-likeness (QED) is 0.340. The minimum Gasteiger partial charge on any atom is -0.415 e. The van der Waals surface area contributed by atoms with Gasteiger partial charge in [0, 0.05) is 6.42 Å². The first-order chi connectivity index (χ1) is 17.6. The van der Waals surface area contributed by atoms with Gasteiger partial charge in [-0.2, -0.15) is 4.72 Å². The Morgan fingerprint density at radius 1 is 0.973 bits per heavy atom. The Bertz CT molecular complexity index is 1260. The molecular formula is C29H37NO5SSi. The van der Waals surface area contributed by atoms with Gasteiger partial charge in [0.2, 0.25) is 10.0 Å². The molecule has 0 saturated carbocycles. The fourth-order valence-corrected chi connectivity index (χ4v) is 6.19. The van der Waals surface area contributed by atoms with E-state index in [1.807, 2.05) is 61.5 Å². The Balaban J connectivity index is 1.60. The summed E-state index contributed by atoms with van der Waals surface area (Å²) in [5, 5.41) is 0. The lowest BCUT2D eigenvalue weighted by atomic mass is 9.93. The van der Waals surface area contributed by atoms with E-state index in [9.17, 15) is 8.42 Å². The van der Waals surface area contributed by atoms with E-state index in [-0.39, 0.29) is 11.0 Å². The van der Waals surface area contributed by atoms with E-state index < -0.39 is 30.7 Å². The van der Waals surface area contributed by atoms with E-state index >= 15 is 0 Å². The van der Waals surface area contributed by atoms with Crippen molar-refractivity contribution in [2.45, 2.75) is 62.7 Å². The maximum absolute atomic E-state index is 13.4. The molecule has 1 saturated heterocycles. The summed E-state index contributed by atoms with van der Waals surface area (Å²) in [6.45, 7) is 9.61. The molecule has 1 aliphatic heterocycles. The van der Waals surface area contributed by atoms with Crippen molar-refractivity contribution in [2.75, 3.05) is 13.2 Å². The Hall–Kier alpha value is -2.33. The molecule has 0 spiro atoms. The average molecular weight is 540 g/mol. The summed E-state index contributed by atoms with van der Waals surface area (Å²) < 4.78 is 48.1. The molecule has 37 heavy (non-hydrogen) atoms. The van der Waals surface area contributed by atoms with Gasteiger partial charge in [0.1, 0.15) is 0 Å². The van der Waals surface area contributed by atoms with Gasteiger partial charge in [-0.1, -0.05) is 72.3 Å². The minimum atomic E-state index is -3.78. The second-order valence-electron chi connectivity index (χ2n) is 10.5. The molecule has 0 aromatic heterocycles. The highest BCUT2D eigenvalue weighted by molar-refractivity contribution is 7.89. The van der Waals surface area contributed by atoms with E-state index in [1.54, 1.807) is 24.3 Å². The van der Waals surface area contributed by atoms with E-state index in [1.165, 1.54) is 0 Å². The van der Waals surface area contributed by atoms with Crippen LogP contribution in [0.1, 0.15) is 34.7 Å². The molecule has 3 aromatic rings. The summed E-state index contributed by atoms with van der Waals surface area (Å²) in [5.74, 6) is 0. The summed E-state index contributed by atoms with van der Waals surface area (Å²) in [6, 6.07) is 23.8. The van der Waals surface area contributed by atoms with Crippen molar-refractivity contribution >= 4 is 18.3 Å². The van der Waals surface area contributed by atoms with Gasteiger partial charge in [-0.25, -0.2) is 8.42 Å². The number of rotatable bonds is 10. The molecule has 198 valence electrons. The summed E-state index contributed by atoms with van der Waals surface area (Å²) in [6.07, 6.45) is 0.874. The topological polar surface area (TPSA) is 73.9 Å². The zero-order valence-corrected chi connectivity index (χ0v) is 23.8. The zero-order chi connectivity index (χ0) is 26.5. The minimum absolute atomic E-state index is 0.0115. The molecule has 1 heterocycles. The van der Waals surface area contributed by atoms with Crippen LogP contribution < -0.4 is 4.72 Å². The Morgan fingerprint density at radius 2 is 1.65 bits per heavy atom. The predicted octanol–water partition coefficient (Wildman–Crippen LogP) is 5.59. The molecule has 0 aliphatic carbocycles. The lowest BCUT2D eigenvalue weighted by molar-refractivity contribution is -0.217. The van der Waals surface area contributed by atoms with Crippen molar-refractivity contribution < 1.29 is 22.3 Å². The summed E-state index contributed by atoms with van der Waals surface area (Å²) in [7, 11) is -5.42. The number of nitrogens with one attached hydrogen (secondary N) is 1. The molecule has 1 aliphatic rings. The Kier molecular flexibility index (Phi) is 9.00. The molecule has 1 N–H and O–H groups in total. The summed E-state index contributed by atoms with van der Waals surface area (Å²) >= 11 is 0. The molecule has 3 atom stereocenters. The highest BCUT2D eigenvalue weighted by atomic mass is 32.2. The van der Waals surface area contributed by atoms with Crippen molar-refractivity contribution in [3.8, 4) is 0 Å². The molecule has 1 fully saturated rings. The third-order valence-corrected chi connectivity index (χ3v) is 8.75. The second-order valence-corrected chi connectivity index (χ2v) is 16.7. The van der Waals surface area contributed by atoms with Gasteiger partial charge in [0.05, 0.1) is 30.3 Å². The van der Waals surface area contributed by atoms with Crippen LogP contribution in [0.5, 0.6) is 0 Å². The fourth-order valence-electron chi connectivity index (χ4n) is 4.30. The number of benzene rings is 3. The first-order valence-electron chi connectivity index (χ1n) is 12.7. The van der Waals surface area contributed by atoms with E-state index in [0.717, 1.165) is 28.7 Å². The molecule has 0 unspecified atom stereocenters. The number of sulfonamides is 1. The second kappa shape index (κ2) is 12.0. The Morgan fingerprint density at radius 3 is 2.35 bits per heavy atom. The molecule has 0 bridgehead atoms. The van der Waals surface area contributed by atoms with Crippen LogP contribution in [-0.4, -0.2) is 42.3 Å². The van der Waals surface area contributed by atoms with Crippen molar-refractivity contribution in [1.82, 2.24) is 4.72 Å². The number of aryl methyl sites for hydroxylation is 1. The van der Waals surface area contributed by atoms with Crippen LogP contribution in [0.2, 0.25) is 19.6 Å². The van der Waals surface area contributed by atoms with Gasteiger partial charge in [-0.05, 0) is 61.8 Å². The van der Waals surface area contributed by atoms with Crippen molar-refractivity contribution in [3.05, 3.63) is 101 Å². The zero-order valence-electron chi connectivity index (χ0n) is 22.0. The molecule has 3 aromatic carbocycles. The number of hydrogen-bond acceptors (Lipinski definition) is 5. The van der Waals surface area contributed by atoms with Crippen LogP contribution in [-0.2, 0) is 30.3 Å². The van der Waals surface area contributed by atoms with Crippen molar-refractivity contribution in [2.24, 2.45) is 0 Å². The van der Waals surface area contributed by atoms with Gasteiger partial charge >= 0.3 is 0 Å². The maximum Gasteiger partial charge on any atom is 0.241 e. The molecular weight excluding hydrogens is 502 g/mol. The molecule has 4 rings (SSSR count). The van der Waals surface area contributed by atoms with Crippen molar-refractivity contribution in [3.63, 3.8) is 0 Å². The van der Waals surface area contributed by atoms with E-state index in [2.05, 4.69) is 24.4 Å². The summed E-state index contributed by atoms with van der Waals surface area (Å²) in [5.41, 5.74) is 3.71. The highest BCUT2D eigenvalue weighted by Crippen LogP contribution is 2.29. The third kappa shape index (κ3) is 7.83. The lowest BCUT2D eigenvalue weighted by Crippen LogP contribution is -2.39. The molecule has 0 radical (unpaired) electrons. The Labute approximate surface area is 222 Å². The number of ether oxygens (including phenoxy) is 2. The van der Waals surface area contributed by atoms with Crippen LogP contribution in [0.4, 0.5) is 0 Å². The third-order valence-electron chi connectivity index (χ3n) is 6.28. The number of hydrogen-bond donors (Lipinski definition) is 1. The van der Waals surface area contributed by atoms with E-state index in [4.69, 9.17) is 13.9 Å². The average Bonchev–Trinajstić information content (AvgIpc) is 2.87. The lowest BCUT2D eigenvalue weighted by Gasteiger charge is -2.32. The molecule has 6 nitrogen and oxygen atoms in total. The van der Waals surface area contributed by atoms with Gasteiger partial charge < -0.3 is 13.9 Å². The first-order valence-corrected chi connectivity index (χ1v) is 17.6. The van der Waals surface area contributed by atoms with Crippen LogP contribution >= 0.6 is 0 Å². The van der Waals surface area contributed by atoms with Crippen LogP contribution in [0.3, 0.4) is 0 Å². The van der Waals surface area contributed by atoms with Gasteiger partial charge in [0.25, 0.3) is 0 Å². The summed E-state index contributed by atoms with van der Waals surface area (Å²) in [4.78, 5) is 0.237. The van der Waals surface area contributed by atoms with E-state index in [0.29, 0.717) is 19.6 Å².